The van der Waals surface area contributed by atoms with Crippen LogP contribution in [0.3, 0.4) is 0 Å². The van der Waals surface area contributed by atoms with E-state index >= 15 is 0 Å². The molecule has 0 saturated heterocycles. The monoisotopic (exact) mass is 315 g/mol. The highest BCUT2D eigenvalue weighted by atomic mass is 32.1. The Kier molecular flexibility index (Phi) is 4.72. The van der Waals surface area contributed by atoms with Crippen molar-refractivity contribution in [3.8, 4) is 0 Å². The summed E-state index contributed by atoms with van der Waals surface area (Å²) in [5.41, 5.74) is 4.21. The molecule has 0 aliphatic heterocycles. The van der Waals surface area contributed by atoms with Gasteiger partial charge in [-0.3, -0.25) is 10.1 Å². The first-order valence-corrected chi connectivity index (χ1v) is 7.19. The van der Waals surface area contributed by atoms with Crippen molar-refractivity contribution in [2.75, 3.05) is 10.6 Å². The molecular formula is C16H17N3O2S. The van der Waals surface area contributed by atoms with E-state index in [0.29, 0.717) is 10.8 Å². The van der Waals surface area contributed by atoms with Crippen LogP contribution in [0.25, 0.3) is 0 Å². The van der Waals surface area contributed by atoms with Crippen molar-refractivity contribution < 1.29 is 4.92 Å². The molecule has 6 heteroatoms. The van der Waals surface area contributed by atoms with Crippen molar-refractivity contribution in [1.82, 2.24) is 0 Å². The summed E-state index contributed by atoms with van der Waals surface area (Å²) in [7, 11) is 0. The van der Waals surface area contributed by atoms with Gasteiger partial charge in [0.25, 0.3) is 5.69 Å². The van der Waals surface area contributed by atoms with Gasteiger partial charge < -0.3 is 10.6 Å². The van der Waals surface area contributed by atoms with Gasteiger partial charge in [0.2, 0.25) is 0 Å². The predicted molar refractivity (Wildman–Crippen MR) is 93.6 cm³/mol. The number of nitro groups is 1. The fourth-order valence-corrected chi connectivity index (χ4v) is 2.44. The number of nitrogens with one attached hydrogen (secondary N) is 2. The number of thiocarbonyl (C=S) groups is 1. The Morgan fingerprint density at radius 1 is 0.955 bits per heavy atom. The molecule has 0 aliphatic carbocycles. The van der Waals surface area contributed by atoms with Crippen LogP contribution in [-0.2, 0) is 0 Å². The maximum absolute atomic E-state index is 11.1. The maximum Gasteiger partial charge on any atom is 0.293 e. The van der Waals surface area contributed by atoms with Crippen LogP contribution in [0, 0.1) is 30.9 Å². The Hall–Kier alpha value is -2.47. The molecule has 2 rings (SSSR count). The van der Waals surface area contributed by atoms with Gasteiger partial charge >= 0.3 is 0 Å². The zero-order valence-electron chi connectivity index (χ0n) is 12.6. The van der Waals surface area contributed by atoms with Gasteiger partial charge in [-0.15, -0.1) is 0 Å². The normalized spacial score (nSPS) is 10.1. The van der Waals surface area contributed by atoms with Crippen LogP contribution >= 0.6 is 12.2 Å². The molecule has 114 valence electrons. The van der Waals surface area contributed by atoms with Crippen molar-refractivity contribution in [3.05, 3.63) is 63.2 Å². The van der Waals surface area contributed by atoms with E-state index in [9.17, 15) is 10.1 Å². The molecule has 0 saturated carbocycles. The predicted octanol–water partition coefficient (Wildman–Crippen LogP) is 4.33. The van der Waals surface area contributed by atoms with Crippen molar-refractivity contribution in [2.24, 2.45) is 0 Å². The summed E-state index contributed by atoms with van der Waals surface area (Å²) in [6.45, 7) is 5.76. The largest absolute Gasteiger partial charge is 0.332 e. The minimum atomic E-state index is -0.420. The summed E-state index contributed by atoms with van der Waals surface area (Å²) in [6.07, 6.45) is 0. The lowest BCUT2D eigenvalue weighted by molar-refractivity contribution is -0.383. The highest BCUT2D eigenvalue weighted by Crippen LogP contribution is 2.28. The Bertz CT molecular complexity index is 724. The molecule has 0 bridgehead atoms. The van der Waals surface area contributed by atoms with E-state index < -0.39 is 4.92 Å². The first-order valence-electron chi connectivity index (χ1n) is 6.78. The van der Waals surface area contributed by atoms with E-state index in [1.165, 1.54) is 6.07 Å². The number of nitro benzene ring substituents is 1. The molecule has 2 aromatic rings. The molecule has 2 N–H and O–H groups in total. The molecule has 0 aliphatic rings. The van der Waals surface area contributed by atoms with Gasteiger partial charge in [-0.25, -0.2) is 0 Å². The average molecular weight is 315 g/mol. The first kappa shape index (κ1) is 15.9. The number of nitrogens with zero attached hydrogens (tertiary/aromatic N) is 1. The van der Waals surface area contributed by atoms with Gasteiger partial charge in [-0.05, 0) is 49.7 Å². The van der Waals surface area contributed by atoms with E-state index in [-0.39, 0.29) is 5.69 Å². The van der Waals surface area contributed by atoms with Crippen LogP contribution < -0.4 is 10.6 Å². The third kappa shape index (κ3) is 3.40. The van der Waals surface area contributed by atoms with Gasteiger partial charge in [0.05, 0.1) is 4.92 Å². The smallest absolute Gasteiger partial charge is 0.293 e. The summed E-state index contributed by atoms with van der Waals surface area (Å²) >= 11 is 5.30. The number of hydrogen-bond donors (Lipinski definition) is 2. The van der Waals surface area contributed by atoms with Crippen LogP contribution in [0.5, 0.6) is 0 Å². The Morgan fingerprint density at radius 3 is 1.95 bits per heavy atom. The Balaban J connectivity index is 2.25. The molecule has 0 unspecified atom stereocenters. The molecule has 0 aromatic heterocycles. The lowest BCUT2D eigenvalue weighted by atomic mass is 10.1. The zero-order chi connectivity index (χ0) is 16.3. The molecule has 0 heterocycles. The second-order valence-corrected chi connectivity index (χ2v) is 5.48. The van der Waals surface area contributed by atoms with Gasteiger partial charge in [0.1, 0.15) is 5.69 Å². The molecule has 5 nitrogen and oxygen atoms in total. The minimum Gasteiger partial charge on any atom is -0.332 e. The lowest BCUT2D eigenvalue weighted by Gasteiger charge is -2.15. The maximum atomic E-state index is 11.1. The van der Waals surface area contributed by atoms with E-state index in [0.717, 1.165) is 22.4 Å². The van der Waals surface area contributed by atoms with E-state index in [1.807, 2.05) is 32.0 Å². The van der Waals surface area contributed by atoms with Crippen molar-refractivity contribution >= 4 is 34.4 Å². The van der Waals surface area contributed by atoms with Crippen molar-refractivity contribution in [3.63, 3.8) is 0 Å². The third-order valence-electron chi connectivity index (χ3n) is 3.41. The third-order valence-corrected chi connectivity index (χ3v) is 3.61. The zero-order valence-corrected chi connectivity index (χ0v) is 13.5. The topological polar surface area (TPSA) is 67.2 Å². The van der Waals surface area contributed by atoms with Crippen LogP contribution in [0.2, 0.25) is 0 Å². The Labute approximate surface area is 134 Å². The molecule has 0 fully saturated rings. The van der Waals surface area contributed by atoms with E-state index in [4.69, 9.17) is 12.2 Å². The number of hydrogen-bond acceptors (Lipinski definition) is 3. The lowest BCUT2D eigenvalue weighted by Crippen LogP contribution is -2.21. The second kappa shape index (κ2) is 6.53. The first-order chi connectivity index (χ1) is 10.4. The SMILES string of the molecule is Cc1cccc(C)c1NC(=S)Nc1c(C)cccc1[N+](=O)[O-]. The average Bonchev–Trinajstić information content (AvgIpc) is 2.45. The van der Waals surface area contributed by atoms with Gasteiger partial charge in [0.15, 0.2) is 5.11 Å². The molecule has 0 atom stereocenters. The summed E-state index contributed by atoms with van der Waals surface area (Å²) in [4.78, 5) is 10.7. The summed E-state index contributed by atoms with van der Waals surface area (Å²) < 4.78 is 0. The van der Waals surface area contributed by atoms with E-state index in [2.05, 4.69) is 10.6 Å². The fraction of sp³-hybridized carbons (Fsp3) is 0.188. The number of rotatable bonds is 3. The molecule has 2 aromatic carbocycles. The molecule has 0 spiro atoms. The van der Waals surface area contributed by atoms with Crippen LogP contribution in [0.15, 0.2) is 36.4 Å². The standard InChI is InChI=1S/C16H17N3O2S/c1-10-6-4-7-11(2)14(10)17-16(22)18-15-12(3)8-5-9-13(15)19(20)21/h4-9H,1-3H3,(H2,17,18,22). The van der Waals surface area contributed by atoms with Crippen LogP contribution in [0.4, 0.5) is 17.1 Å². The van der Waals surface area contributed by atoms with Gasteiger partial charge in [-0.2, -0.15) is 0 Å². The summed E-state index contributed by atoms with van der Waals surface area (Å²) in [6, 6.07) is 10.8. The molecule has 0 radical (unpaired) electrons. The fourth-order valence-electron chi connectivity index (χ4n) is 2.24. The van der Waals surface area contributed by atoms with Crippen molar-refractivity contribution in [1.29, 1.82) is 0 Å². The number of anilines is 2. The summed E-state index contributed by atoms with van der Waals surface area (Å²) in [5.74, 6) is 0. The number of aryl methyl sites for hydroxylation is 3. The van der Waals surface area contributed by atoms with Gasteiger partial charge in [-0.1, -0.05) is 30.3 Å². The van der Waals surface area contributed by atoms with Crippen molar-refractivity contribution in [2.45, 2.75) is 20.8 Å². The number of benzene rings is 2. The van der Waals surface area contributed by atoms with E-state index in [1.54, 1.807) is 19.1 Å². The second-order valence-electron chi connectivity index (χ2n) is 5.07. The van der Waals surface area contributed by atoms with Crippen LogP contribution in [-0.4, -0.2) is 10.0 Å². The highest BCUT2D eigenvalue weighted by Gasteiger charge is 2.16. The molecule has 22 heavy (non-hydrogen) atoms. The Morgan fingerprint density at radius 2 is 1.41 bits per heavy atom. The minimum absolute atomic E-state index is 0.00524. The molecule has 0 amide bonds. The van der Waals surface area contributed by atoms with Crippen LogP contribution in [0.1, 0.15) is 16.7 Å². The quantitative estimate of drug-likeness (QED) is 0.501. The molecular weight excluding hydrogens is 298 g/mol. The van der Waals surface area contributed by atoms with Gasteiger partial charge in [0, 0.05) is 11.8 Å². The highest BCUT2D eigenvalue weighted by molar-refractivity contribution is 7.80. The summed E-state index contributed by atoms with van der Waals surface area (Å²) in [5, 5.41) is 17.5. The number of para-hydroxylation sites is 2.